The molecule has 0 amide bonds. The second kappa shape index (κ2) is 16.3. The summed E-state index contributed by atoms with van der Waals surface area (Å²) in [7, 11) is 5.08. The van der Waals surface area contributed by atoms with Gasteiger partial charge in [-0.25, -0.2) is 0 Å². The minimum absolute atomic E-state index is 0. The molecule has 1 unspecified atom stereocenters. The Morgan fingerprint density at radius 2 is 1.52 bits per heavy atom. The van der Waals surface area contributed by atoms with Crippen LogP contribution in [0.25, 0.3) is 0 Å². The number of ether oxygens (including phenoxy) is 3. The van der Waals surface area contributed by atoms with Crippen LogP contribution >= 0.6 is 0 Å². The summed E-state index contributed by atoms with van der Waals surface area (Å²) >= 11 is 0. The predicted octanol–water partition coefficient (Wildman–Crippen LogP) is 2.51. The van der Waals surface area contributed by atoms with Gasteiger partial charge < -0.3 is 19.5 Å². The zero-order valence-corrected chi connectivity index (χ0v) is 17.6. The molecule has 0 saturated heterocycles. The molecule has 1 spiro atoms. The number of hydrogen-bond acceptors (Lipinski definition) is 4. The van der Waals surface area contributed by atoms with E-state index in [1.165, 1.54) is 11.1 Å². The predicted molar refractivity (Wildman–Crippen MR) is 97.1 cm³/mol. The molecule has 0 bridgehead atoms. The first kappa shape index (κ1) is 29.7. The molecule has 8 heteroatoms. The van der Waals surface area contributed by atoms with Gasteiger partial charge in [-0.1, -0.05) is 0 Å². The van der Waals surface area contributed by atoms with Gasteiger partial charge in [-0.3, -0.25) is 0 Å². The van der Waals surface area contributed by atoms with E-state index < -0.39 is 0 Å². The molecule has 1 N–H and O–H groups in total. The van der Waals surface area contributed by atoms with Crippen molar-refractivity contribution in [2.24, 2.45) is 0 Å². The monoisotopic (exact) mass is 441 g/mol. The molecule has 3 rings (SSSR count). The first-order valence-electron chi connectivity index (χ1n) is 8.23. The van der Waals surface area contributed by atoms with Crippen LogP contribution in [0.1, 0.15) is 24.0 Å². The summed E-state index contributed by atoms with van der Waals surface area (Å²) in [5.41, 5.74) is 2.59. The zero-order chi connectivity index (χ0) is 21.6. The summed E-state index contributed by atoms with van der Waals surface area (Å²) in [5.74, 6) is 1.57. The van der Waals surface area contributed by atoms with Gasteiger partial charge in [-0.15, -0.1) is 0 Å². The fourth-order valence-corrected chi connectivity index (χ4v) is 3.40. The van der Waals surface area contributed by atoms with Gasteiger partial charge in [-0.05, 0) is 55.5 Å². The second-order valence-corrected chi connectivity index (χ2v) is 5.80. The zero-order valence-electron chi connectivity index (χ0n) is 16.5. The van der Waals surface area contributed by atoms with E-state index in [1.54, 1.807) is 21.3 Å². The van der Waals surface area contributed by atoms with E-state index in [0.29, 0.717) is 0 Å². The Morgan fingerprint density at radius 1 is 0.931 bits per heavy atom. The molecule has 29 heavy (non-hydrogen) atoms. The smallest absolute Gasteiger partial charge is 0 e. The Kier molecular flexibility index (Phi) is 16.7. The molecule has 1 fully saturated rings. The maximum absolute atomic E-state index is 7.50. The number of nitrogens with one attached hydrogen (secondary N) is 1. The van der Waals surface area contributed by atoms with Crippen LogP contribution < -0.4 is 14.8 Å². The first-order chi connectivity index (χ1) is 13.7. The van der Waals surface area contributed by atoms with Crippen LogP contribution in [0.4, 0.5) is 0 Å². The summed E-state index contributed by atoms with van der Waals surface area (Å²) < 4.78 is 38.8. The van der Waals surface area contributed by atoms with Crippen LogP contribution in [-0.2, 0) is 47.7 Å². The third-order valence-electron chi connectivity index (χ3n) is 4.68. The van der Waals surface area contributed by atoms with Gasteiger partial charge >= 0.3 is 33.9 Å². The van der Waals surface area contributed by atoms with Gasteiger partial charge in [0.25, 0.3) is 0 Å². The van der Waals surface area contributed by atoms with Crippen molar-refractivity contribution in [3.63, 3.8) is 0 Å². The molecule has 0 aromatic heterocycles. The summed E-state index contributed by atoms with van der Waals surface area (Å²) in [5, 5.41) is 3.51. The Morgan fingerprint density at radius 3 is 2.00 bits per heavy atom. The molecule has 1 aromatic carbocycles. The summed E-state index contributed by atoms with van der Waals surface area (Å²) in [4.78, 5) is 0. The Bertz CT molecular complexity index is 636. The largest absolute Gasteiger partial charge is 0 e. The van der Waals surface area contributed by atoms with Crippen molar-refractivity contribution in [3.05, 3.63) is 68.6 Å². The minimum atomic E-state index is 0. The van der Waals surface area contributed by atoms with Crippen molar-refractivity contribution >= 4 is 0 Å². The fraction of sp³-hybridized carbons (Fsp3) is 0.381. The van der Waals surface area contributed by atoms with Crippen molar-refractivity contribution in [2.75, 3.05) is 27.9 Å². The molecule has 1 heterocycles. The molecule has 156 valence electrons. The number of rotatable bonds is 3. The maximum atomic E-state index is 7.50. The Hall–Kier alpha value is -1.52. The van der Waals surface area contributed by atoms with Gasteiger partial charge in [0.15, 0.2) is 11.5 Å². The molecular formula is C21H23FeNO6. The Labute approximate surface area is 183 Å². The van der Waals surface area contributed by atoms with Crippen LogP contribution in [-0.4, -0.2) is 27.9 Å². The van der Waals surface area contributed by atoms with Crippen molar-refractivity contribution in [1.82, 2.24) is 5.32 Å². The third-order valence-corrected chi connectivity index (χ3v) is 4.68. The average molecular weight is 441 g/mol. The number of methoxy groups -OCH3 is 3. The maximum Gasteiger partial charge on any atom is 0 e. The summed E-state index contributed by atoms with van der Waals surface area (Å²) in [6, 6.07) is 4.23. The third kappa shape index (κ3) is 7.34. The van der Waals surface area contributed by atoms with E-state index in [-0.39, 0.29) is 22.5 Å². The molecule has 1 aliphatic heterocycles. The topological polar surface area (TPSA) is 99.4 Å². The van der Waals surface area contributed by atoms with Crippen LogP contribution in [0.5, 0.6) is 11.5 Å². The van der Waals surface area contributed by atoms with E-state index in [2.05, 4.69) is 56.7 Å². The molecule has 1 aliphatic carbocycles. The summed E-state index contributed by atoms with van der Waals surface area (Å²) in [6.07, 6.45) is 9.46. The molecule has 4 radical (unpaired) electrons. The van der Waals surface area contributed by atoms with E-state index in [9.17, 15) is 0 Å². The molecule has 1 atom stereocenters. The van der Waals surface area contributed by atoms with Crippen molar-refractivity contribution in [2.45, 2.75) is 24.8 Å². The molecule has 7 nitrogen and oxygen atoms in total. The summed E-state index contributed by atoms with van der Waals surface area (Å²) in [6.45, 7) is 15.3. The number of benzene rings is 1. The van der Waals surface area contributed by atoms with Gasteiger partial charge in [0, 0.05) is 42.6 Å². The van der Waals surface area contributed by atoms with Crippen molar-refractivity contribution in [3.8, 4) is 11.5 Å². The van der Waals surface area contributed by atoms with Crippen molar-refractivity contribution < 1.29 is 45.2 Å². The van der Waals surface area contributed by atoms with Crippen LogP contribution in [0.3, 0.4) is 0 Å². The van der Waals surface area contributed by atoms with Gasteiger partial charge in [-0.2, -0.15) is 0 Å². The van der Waals surface area contributed by atoms with E-state index in [0.717, 1.165) is 43.5 Å². The normalized spacial score (nSPS) is 16.3. The van der Waals surface area contributed by atoms with Crippen LogP contribution in [0, 0.1) is 45.3 Å². The SMILES string of the molecule is CO[C]1[CH][CH]C2(C[CH]1)CCNCc1cc(OC)c(OC)cc12.[C-]#[O+].[C-]#[O+].[C-]#[O+].[Fe]. The van der Waals surface area contributed by atoms with E-state index >= 15 is 0 Å². The molecular weight excluding hydrogens is 418 g/mol. The van der Waals surface area contributed by atoms with Crippen molar-refractivity contribution in [1.29, 1.82) is 0 Å². The Balaban J connectivity index is 0. The standard InChI is InChI=1S/C18H23NO3.3CO.Fe/c1-20-14-4-6-18(7-5-14)8-9-19-12-13-10-16(21-2)17(22-3)11-15(13)18;3*1-2;/h4-6,10-11,19H,7-9,12H2,1-3H3;;;;. The fourth-order valence-electron chi connectivity index (χ4n) is 3.40. The van der Waals surface area contributed by atoms with E-state index in [1.807, 2.05) is 0 Å². The molecule has 2 aliphatic rings. The molecule has 1 aromatic rings. The number of fused-ring (bicyclic) bond motifs is 2. The first-order valence-corrected chi connectivity index (χ1v) is 8.23. The van der Waals surface area contributed by atoms with E-state index in [4.69, 9.17) is 28.2 Å². The minimum Gasteiger partial charge on any atom is 0 e. The average Bonchev–Trinajstić information content (AvgIpc) is 2.96. The number of hydrogen-bond donors (Lipinski definition) is 1. The second-order valence-electron chi connectivity index (χ2n) is 5.80. The van der Waals surface area contributed by atoms with Crippen LogP contribution in [0.15, 0.2) is 12.1 Å². The van der Waals surface area contributed by atoms with Gasteiger partial charge in [0.2, 0.25) is 0 Å². The van der Waals surface area contributed by atoms with Gasteiger partial charge in [0.05, 0.1) is 14.2 Å². The van der Waals surface area contributed by atoms with Crippen LogP contribution in [0.2, 0.25) is 0 Å². The quantitative estimate of drug-likeness (QED) is 0.443. The van der Waals surface area contributed by atoms with Gasteiger partial charge in [0.1, 0.15) is 6.10 Å². The molecule has 1 saturated carbocycles.